The summed E-state index contributed by atoms with van der Waals surface area (Å²) < 4.78 is 11.1. The average molecular weight is 318 g/mol. The highest BCUT2D eigenvalue weighted by Crippen LogP contribution is 2.16. The highest BCUT2D eigenvalue weighted by molar-refractivity contribution is 7.26. The Labute approximate surface area is 135 Å². The summed E-state index contributed by atoms with van der Waals surface area (Å²) in [5, 5.41) is 0. The van der Waals surface area contributed by atoms with Gasteiger partial charge in [0.1, 0.15) is 0 Å². The third-order valence-corrected chi connectivity index (χ3v) is 4.46. The maximum atomic E-state index is 5.53. The first-order chi connectivity index (χ1) is 10.4. The van der Waals surface area contributed by atoms with Crippen LogP contribution in [0.2, 0.25) is 0 Å². The lowest BCUT2D eigenvalue weighted by Gasteiger charge is -2.05. The summed E-state index contributed by atoms with van der Waals surface area (Å²) in [5.41, 5.74) is 0. The highest BCUT2D eigenvalue weighted by Gasteiger charge is 1.94. The lowest BCUT2D eigenvalue weighted by Crippen LogP contribution is -1.90. The topological polar surface area (TPSA) is 18.5 Å². The molecule has 0 rings (SSSR count). The quantitative estimate of drug-likeness (QED) is 0.199. The van der Waals surface area contributed by atoms with E-state index in [0.717, 1.165) is 13.2 Å². The minimum atomic E-state index is 0.257. The van der Waals surface area contributed by atoms with E-state index in [1.165, 1.54) is 89.9 Å². The fourth-order valence-electron chi connectivity index (χ4n) is 2.39. The molecule has 0 amide bonds. The van der Waals surface area contributed by atoms with Crippen molar-refractivity contribution >= 4 is 9.03 Å². The molecule has 128 valence electrons. The molecule has 0 fully saturated rings. The van der Waals surface area contributed by atoms with E-state index in [1.54, 1.807) is 0 Å². The Hall–Kier alpha value is 0.350. The van der Waals surface area contributed by atoms with Crippen LogP contribution < -0.4 is 0 Å². The van der Waals surface area contributed by atoms with Crippen molar-refractivity contribution in [3.63, 3.8) is 0 Å². The van der Waals surface area contributed by atoms with E-state index >= 15 is 0 Å². The molecular formula is C18H39O2P. The van der Waals surface area contributed by atoms with Gasteiger partial charge in [-0.3, -0.25) is 0 Å². The SMILES string of the molecule is CCCCCCCCCOPOCCCCCCCCC. The van der Waals surface area contributed by atoms with Crippen molar-refractivity contribution in [1.29, 1.82) is 0 Å². The Morgan fingerprint density at radius 2 is 0.810 bits per heavy atom. The molecule has 0 atom stereocenters. The predicted octanol–water partition coefficient (Wildman–Crippen LogP) is 7.03. The van der Waals surface area contributed by atoms with Crippen molar-refractivity contribution in [2.45, 2.75) is 104 Å². The molecule has 0 aromatic carbocycles. The second kappa shape index (κ2) is 20.3. The molecule has 0 saturated heterocycles. The zero-order valence-corrected chi connectivity index (χ0v) is 15.6. The Kier molecular flexibility index (Phi) is 20.7. The van der Waals surface area contributed by atoms with Crippen molar-refractivity contribution < 1.29 is 9.05 Å². The number of hydrogen-bond acceptors (Lipinski definition) is 2. The Bertz CT molecular complexity index is 159. The van der Waals surface area contributed by atoms with Crippen molar-refractivity contribution in [1.82, 2.24) is 0 Å². The van der Waals surface area contributed by atoms with Gasteiger partial charge in [0.05, 0.1) is 13.2 Å². The molecule has 0 spiro atoms. The number of rotatable bonds is 18. The van der Waals surface area contributed by atoms with Gasteiger partial charge in [0, 0.05) is 0 Å². The molecule has 0 aromatic heterocycles. The number of hydrogen-bond donors (Lipinski definition) is 0. The van der Waals surface area contributed by atoms with E-state index in [4.69, 9.17) is 9.05 Å². The predicted molar refractivity (Wildman–Crippen MR) is 96.2 cm³/mol. The van der Waals surface area contributed by atoms with Crippen LogP contribution >= 0.6 is 9.03 Å². The fourth-order valence-corrected chi connectivity index (χ4v) is 2.93. The van der Waals surface area contributed by atoms with Crippen LogP contribution in [0.4, 0.5) is 0 Å². The molecule has 0 bridgehead atoms. The second-order valence-corrected chi connectivity index (χ2v) is 6.77. The fraction of sp³-hybridized carbons (Fsp3) is 1.00. The van der Waals surface area contributed by atoms with Gasteiger partial charge in [0.25, 0.3) is 0 Å². The van der Waals surface area contributed by atoms with Crippen molar-refractivity contribution in [3.05, 3.63) is 0 Å². The summed E-state index contributed by atoms with van der Waals surface area (Å²) in [4.78, 5) is 0. The maximum Gasteiger partial charge on any atom is 0.155 e. The molecular weight excluding hydrogens is 279 g/mol. The minimum absolute atomic E-state index is 0.257. The van der Waals surface area contributed by atoms with E-state index in [1.807, 2.05) is 0 Å². The zero-order chi connectivity index (χ0) is 15.4. The molecule has 0 aliphatic carbocycles. The third-order valence-electron chi connectivity index (χ3n) is 3.82. The van der Waals surface area contributed by atoms with E-state index in [2.05, 4.69) is 13.8 Å². The van der Waals surface area contributed by atoms with Crippen LogP contribution in [0.3, 0.4) is 0 Å². The van der Waals surface area contributed by atoms with Crippen LogP contribution in [0, 0.1) is 0 Å². The summed E-state index contributed by atoms with van der Waals surface area (Å²) in [7, 11) is 0.257. The van der Waals surface area contributed by atoms with Crippen LogP contribution in [0.15, 0.2) is 0 Å². The summed E-state index contributed by atoms with van der Waals surface area (Å²) in [6.45, 7) is 6.29. The number of unbranched alkanes of at least 4 members (excludes halogenated alkanes) is 12. The largest absolute Gasteiger partial charge is 0.336 e. The van der Waals surface area contributed by atoms with Crippen LogP contribution in [-0.2, 0) is 9.05 Å². The first kappa shape index (κ1) is 21.4. The molecule has 3 heteroatoms. The van der Waals surface area contributed by atoms with Crippen LogP contribution in [0.25, 0.3) is 0 Å². The van der Waals surface area contributed by atoms with Gasteiger partial charge in [-0.25, -0.2) is 0 Å². The zero-order valence-electron chi connectivity index (χ0n) is 14.6. The summed E-state index contributed by atoms with van der Waals surface area (Å²) >= 11 is 0. The summed E-state index contributed by atoms with van der Waals surface area (Å²) in [6, 6.07) is 0. The Morgan fingerprint density at radius 3 is 1.19 bits per heavy atom. The molecule has 2 nitrogen and oxygen atoms in total. The van der Waals surface area contributed by atoms with E-state index in [0.29, 0.717) is 0 Å². The summed E-state index contributed by atoms with van der Waals surface area (Å²) in [6.07, 6.45) is 18.8. The smallest absolute Gasteiger partial charge is 0.155 e. The molecule has 0 saturated carbocycles. The van der Waals surface area contributed by atoms with Gasteiger partial charge in [0.15, 0.2) is 9.03 Å². The van der Waals surface area contributed by atoms with Crippen molar-refractivity contribution in [2.75, 3.05) is 13.2 Å². The van der Waals surface area contributed by atoms with Gasteiger partial charge in [-0.1, -0.05) is 90.9 Å². The lowest BCUT2D eigenvalue weighted by atomic mass is 10.1. The van der Waals surface area contributed by atoms with E-state index in [9.17, 15) is 0 Å². The van der Waals surface area contributed by atoms with Crippen LogP contribution in [-0.4, -0.2) is 13.2 Å². The van der Waals surface area contributed by atoms with E-state index < -0.39 is 0 Å². The lowest BCUT2D eigenvalue weighted by molar-refractivity contribution is 0.256. The van der Waals surface area contributed by atoms with Gasteiger partial charge in [-0.2, -0.15) is 0 Å². The highest BCUT2D eigenvalue weighted by atomic mass is 31.1. The monoisotopic (exact) mass is 318 g/mol. The first-order valence-electron chi connectivity index (χ1n) is 9.40. The molecule has 0 aromatic rings. The third kappa shape index (κ3) is 20.4. The first-order valence-corrected chi connectivity index (χ1v) is 10.2. The molecule has 0 N–H and O–H groups in total. The van der Waals surface area contributed by atoms with Crippen molar-refractivity contribution in [2.24, 2.45) is 0 Å². The molecule has 0 unspecified atom stereocenters. The second-order valence-electron chi connectivity index (χ2n) is 6.02. The Balaban J connectivity index is 2.90. The van der Waals surface area contributed by atoms with Crippen LogP contribution in [0.1, 0.15) is 104 Å². The van der Waals surface area contributed by atoms with E-state index in [-0.39, 0.29) is 9.03 Å². The average Bonchev–Trinajstić information content (AvgIpc) is 2.50. The molecule has 0 aliphatic rings. The molecule has 0 aliphatic heterocycles. The van der Waals surface area contributed by atoms with Gasteiger partial charge in [-0.05, 0) is 12.8 Å². The van der Waals surface area contributed by atoms with Gasteiger partial charge < -0.3 is 9.05 Å². The van der Waals surface area contributed by atoms with Crippen LogP contribution in [0.5, 0.6) is 0 Å². The van der Waals surface area contributed by atoms with Gasteiger partial charge >= 0.3 is 0 Å². The summed E-state index contributed by atoms with van der Waals surface area (Å²) in [5.74, 6) is 0. The standard InChI is InChI=1S/C18H39O2P/c1-3-5-7-9-11-13-15-17-19-21-20-18-16-14-12-10-8-6-4-2/h21H,3-18H2,1-2H3. The minimum Gasteiger partial charge on any atom is -0.336 e. The Morgan fingerprint density at radius 1 is 0.476 bits per heavy atom. The van der Waals surface area contributed by atoms with Gasteiger partial charge in [0.2, 0.25) is 0 Å². The molecule has 21 heavy (non-hydrogen) atoms. The molecule has 0 heterocycles. The van der Waals surface area contributed by atoms with Crippen molar-refractivity contribution in [3.8, 4) is 0 Å². The van der Waals surface area contributed by atoms with Gasteiger partial charge in [-0.15, -0.1) is 0 Å². The normalized spacial score (nSPS) is 11.1. The maximum absolute atomic E-state index is 5.53. The molecule has 0 radical (unpaired) electrons.